The third kappa shape index (κ3) is 3.95. The molecule has 174 valence electrons. The van der Waals surface area contributed by atoms with Crippen molar-refractivity contribution in [2.75, 3.05) is 11.9 Å². The molecule has 3 nitrogen and oxygen atoms in total. The number of para-hydroxylation sites is 1. The van der Waals surface area contributed by atoms with Crippen LogP contribution in [0, 0.1) is 46.8 Å². The first-order valence-electron chi connectivity index (χ1n) is 13.2. The first-order chi connectivity index (χ1) is 15.5. The van der Waals surface area contributed by atoms with Crippen molar-refractivity contribution >= 4 is 12.0 Å². The lowest BCUT2D eigenvalue weighted by molar-refractivity contribution is -0.110. The van der Waals surface area contributed by atoms with Crippen molar-refractivity contribution in [1.29, 1.82) is 0 Å². The van der Waals surface area contributed by atoms with Crippen LogP contribution in [0.4, 0.5) is 5.69 Å². The number of carbonyl (C=O) groups excluding carboxylic acids is 1. The lowest BCUT2D eigenvalue weighted by Crippen LogP contribution is -2.37. The normalized spacial score (nSPS) is 41.4. The molecular formula is C29H42N2O. The number of hydrogen-bond acceptors (Lipinski definition) is 3. The summed E-state index contributed by atoms with van der Waals surface area (Å²) in [5, 5.41) is 3.63. The van der Waals surface area contributed by atoms with Crippen molar-refractivity contribution in [3.05, 3.63) is 42.5 Å². The van der Waals surface area contributed by atoms with Gasteiger partial charge in [0.15, 0.2) is 0 Å². The van der Waals surface area contributed by atoms with Gasteiger partial charge in [-0.2, -0.15) is 0 Å². The number of nitrogens with one attached hydrogen (secondary N) is 1. The van der Waals surface area contributed by atoms with Crippen LogP contribution in [0.1, 0.15) is 64.7 Å². The molecule has 0 saturated heterocycles. The van der Waals surface area contributed by atoms with E-state index in [1.807, 2.05) is 0 Å². The molecule has 0 radical (unpaired) electrons. The summed E-state index contributed by atoms with van der Waals surface area (Å²) in [5.41, 5.74) is 9.40. The minimum Gasteiger partial charge on any atom is -0.385 e. The summed E-state index contributed by atoms with van der Waals surface area (Å²) in [6, 6.07) is 10.3. The van der Waals surface area contributed by atoms with Crippen molar-refractivity contribution in [1.82, 2.24) is 0 Å². The molecule has 0 spiro atoms. The van der Waals surface area contributed by atoms with Gasteiger partial charge in [-0.05, 0) is 110 Å². The Morgan fingerprint density at radius 1 is 1.16 bits per heavy atom. The smallest absolute Gasteiger partial charge is 0.137 e. The fourth-order valence-corrected chi connectivity index (χ4v) is 8.46. The Balaban J connectivity index is 1.21. The molecule has 0 amide bonds. The molecule has 1 aromatic carbocycles. The minimum absolute atomic E-state index is 0.0792. The molecule has 4 fully saturated rings. The second-order valence-corrected chi connectivity index (χ2v) is 11.8. The molecule has 3 heteroatoms. The van der Waals surface area contributed by atoms with Gasteiger partial charge in [0.25, 0.3) is 0 Å². The van der Waals surface area contributed by atoms with Crippen LogP contribution in [0.3, 0.4) is 0 Å². The summed E-state index contributed by atoms with van der Waals surface area (Å²) < 4.78 is 0. The van der Waals surface area contributed by atoms with Crippen LogP contribution >= 0.6 is 0 Å². The van der Waals surface area contributed by atoms with Gasteiger partial charge < -0.3 is 15.8 Å². The van der Waals surface area contributed by atoms with E-state index in [1.54, 1.807) is 0 Å². The molecule has 5 rings (SSSR count). The zero-order chi connectivity index (χ0) is 22.3. The topological polar surface area (TPSA) is 55.1 Å². The lowest BCUT2D eigenvalue weighted by atomic mass is 9.77. The zero-order valence-electron chi connectivity index (χ0n) is 19.8. The van der Waals surface area contributed by atoms with Crippen LogP contribution in [0.2, 0.25) is 0 Å². The number of nitrogens with two attached hydrogens (primary N) is 1. The second-order valence-electron chi connectivity index (χ2n) is 11.8. The Morgan fingerprint density at radius 3 is 2.72 bits per heavy atom. The van der Waals surface area contributed by atoms with E-state index in [-0.39, 0.29) is 11.5 Å². The molecule has 0 heterocycles. The van der Waals surface area contributed by atoms with E-state index in [1.165, 1.54) is 56.2 Å². The summed E-state index contributed by atoms with van der Waals surface area (Å²) in [6.45, 7) is 7.95. The number of hydrogen-bond donors (Lipinski definition) is 2. The lowest BCUT2D eigenvalue weighted by Gasteiger charge is -2.29. The third-order valence-corrected chi connectivity index (χ3v) is 10.0. The molecule has 9 atom stereocenters. The molecule has 1 aromatic rings. The van der Waals surface area contributed by atoms with Crippen molar-refractivity contribution in [2.24, 2.45) is 52.6 Å². The van der Waals surface area contributed by atoms with Gasteiger partial charge in [0.1, 0.15) is 6.29 Å². The van der Waals surface area contributed by atoms with Crippen LogP contribution in [0.25, 0.3) is 0 Å². The van der Waals surface area contributed by atoms with Gasteiger partial charge in [0.2, 0.25) is 0 Å². The summed E-state index contributed by atoms with van der Waals surface area (Å²) in [4.78, 5) is 12.0. The van der Waals surface area contributed by atoms with Crippen LogP contribution in [-0.4, -0.2) is 18.9 Å². The van der Waals surface area contributed by atoms with Gasteiger partial charge in [0, 0.05) is 12.2 Å². The number of carbonyl (C=O) groups is 1. The molecule has 4 aliphatic rings. The Hall–Kier alpha value is -1.61. The maximum atomic E-state index is 12.0. The summed E-state index contributed by atoms with van der Waals surface area (Å²) in [7, 11) is 0. The molecule has 0 aromatic heterocycles. The van der Waals surface area contributed by atoms with E-state index in [0.717, 1.165) is 49.3 Å². The van der Waals surface area contributed by atoms with E-state index < -0.39 is 0 Å². The van der Waals surface area contributed by atoms with Crippen LogP contribution in [0.5, 0.6) is 0 Å². The van der Waals surface area contributed by atoms with E-state index >= 15 is 0 Å². The summed E-state index contributed by atoms with van der Waals surface area (Å²) in [5.74, 6) is 5.07. The van der Waals surface area contributed by atoms with Gasteiger partial charge in [-0.25, -0.2) is 0 Å². The highest BCUT2D eigenvalue weighted by Crippen LogP contribution is 2.73. The summed E-state index contributed by atoms with van der Waals surface area (Å²) in [6.07, 6.45) is 12.5. The van der Waals surface area contributed by atoms with E-state index in [9.17, 15) is 4.79 Å². The van der Waals surface area contributed by atoms with Gasteiger partial charge >= 0.3 is 0 Å². The summed E-state index contributed by atoms with van der Waals surface area (Å²) >= 11 is 0. The SMILES string of the molecule is C=C1CC[C@H]2[C@H]([C@H]3C[C@H](C)C[C@H]13)[C@@]2(CC[C@H]1CC[C@H](CNc2ccccc2)C1)[C@H](N)C=O. The van der Waals surface area contributed by atoms with Gasteiger partial charge in [-0.3, -0.25) is 0 Å². The molecule has 32 heavy (non-hydrogen) atoms. The first-order valence-corrected chi connectivity index (χ1v) is 13.2. The van der Waals surface area contributed by atoms with E-state index in [0.29, 0.717) is 17.8 Å². The second kappa shape index (κ2) is 8.97. The standard InChI is InChI=1S/C29H42N2O/c1-19-14-24-20(2)8-11-26-28(25(24)15-19)29(26,27(30)18-32)13-12-21-9-10-22(16-21)17-31-23-6-4-3-5-7-23/h3-7,18-19,21-22,24-28,31H,2,8-17,30H2,1H3/t19-,21-,22+,24-,25+,26+,27-,28+,29-/m1/s1. The zero-order valence-corrected chi connectivity index (χ0v) is 19.8. The maximum Gasteiger partial charge on any atom is 0.137 e. The molecule has 4 saturated carbocycles. The first kappa shape index (κ1) is 22.2. The monoisotopic (exact) mass is 434 g/mol. The van der Waals surface area contributed by atoms with E-state index in [4.69, 9.17) is 5.73 Å². The molecule has 0 bridgehead atoms. The van der Waals surface area contributed by atoms with Crippen molar-refractivity contribution < 1.29 is 4.79 Å². The van der Waals surface area contributed by atoms with Crippen LogP contribution in [0.15, 0.2) is 42.5 Å². The molecule has 4 aliphatic carbocycles. The molecular weight excluding hydrogens is 392 g/mol. The highest BCUT2D eigenvalue weighted by Gasteiger charge is 2.70. The quantitative estimate of drug-likeness (QED) is 0.386. The Labute approximate surface area is 194 Å². The largest absolute Gasteiger partial charge is 0.385 e. The number of aldehydes is 1. The van der Waals surface area contributed by atoms with Crippen LogP contribution in [-0.2, 0) is 4.79 Å². The van der Waals surface area contributed by atoms with Crippen molar-refractivity contribution in [3.63, 3.8) is 0 Å². The fourth-order valence-electron chi connectivity index (χ4n) is 8.46. The number of fused-ring (bicyclic) bond motifs is 3. The number of rotatable bonds is 8. The number of allylic oxidation sites excluding steroid dienone is 1. The average Bonchev–Trinajstić information content (AvgIpc) is 3.07. The van der Waals surface area contributed by atoms with Crippen molar-refractivity contribution in [3.8, 4) is 0 Å². The highest BCUT2D eigenvalue weighted by molar-refractivity contribution is 5.61. The van der Waals surface area contributed by atoms with Crippen molar-refractivity contribution in [2.45, 2.75) is 70.8 Å². The molecule has 3 N–H and O–H groups in total. The van der Waals surface area contributed by atoms with Crippen LogP contribution < -0.4 is 11.1 Å². The predicted octanol–water partition coefficient (Wildman–Crippen LogP) is 6.07. The van der Waals surface area contributed by atoms with Gasteiger partial charge in [-0.15, -0.1) is 0 Å². The average molecular weight is 435 g/mol. The Kier molecular flexibility index (Phi) is 6.22. The number of anilines is 1. The highest BCUT2D eigenvalue weighted by atomic mass is 16.1. The predicted molar refractivity (Wildman–Crippen MR) is 132 cm³/mol. The number of benzene rings is 1. The third-order valence-electron chi connectivity index (χ3n) is 10.0. The Bertz CT molecular complexity index is 822. The van der Waals surface area contributed by atoms with Gasteiger partial charge in [0.05, 0.1) is 6.04 Å². The van der Waals surface area contributed by atoms with E-state index in [2.05, 4.69) is 49.2 Å². The minimum atomic E-state index is -0.280. The molecule has 0 unspecified atom stereocenters. The fraction of sp³-hybridized carbons (Fsp3) is 0.690. The Morgan fingerprint density at radius 2 is 1.94 bits per heavy atom. The maximum absolute atomic E-state index is 12.0. The molecule has 0 aliphatic heterocycles. The van der Waals surface area contributed by atoms with Gasteiger partial charge in [-0.1, -0.05) is 43.7 Å².